The van der Waals surface area contributed by atoms with E-state index in [1.165, 1.54) is 12.3 Å². The molecule has 0 aromatic heterocycles. The molecule has 1 aliphatic heterocycles. The Morgan fingerprint density at radius 1 is 1.31 bits per heavy atom. The first-order valence-corrected chi connectivity index (χ1v) is 5.59. The van der Waals surface area contributed by atoms with Crippen molar-refractivity contribution in [2.24, 2.45) is 4.99 Å². The Labute approximate surface area is 100 Å². The summed E-state index contributed by atoms with van der Waals surface area (Å²) in [6.07, 6.45) is 4.86. The predicted octanol–water partition coefficient (Wildman–Crippen LogP) is 3.09. The molecule has 1 unspecified atom stereocenters. The maximum atomic E-state index is 13.0. The molecule has 1 aliphatic rings. The van der Waals surface area contributed by atoms with Crippen molar-refractivity contribution in [3.63, 3.8) is 0 Å². The largest absolute Gasteiger partial charge is 0.346 e. The maximum Gasteiger partial charge on any atom is 0.259 e. The van der Waals surface area contributed by atoms with Crippen molar-refractivity contribution < 1.29 is 8.78 Å². The zero-order valence-electron chi connectivity index (χ0n) is 7.95. The number of halogens is 3. The maximum absolute atomic E-state index is 13.0. The van der Waals surface area contributed by atoms with Crippen LogP contribution in [0.3, 0.4) is 0 Å². The topological polar surface area (TPSA) is 24.4 Å². The summed E-state index contributed by atoms with van der Waals surface area (Å²) in [4.78, 5) is 4.49. The first kappa shape index (κ1) is 11.4. The van der Waals surface area contributed by atoms with Gasteiger partial charge in [0.2, 0.25) is 0 Å². The predicted molar refractivity (Wildman–Crippen MR) is 61.6 cm³/mol. The van der Waals surface area contributed by atoms with Gasteiger partial charge in [-0.1, -0.05) is 23.4 Å². The normalized spacial score (nSPS) is 23.2. The van der Waals surface area contributed by atoms with E-state index in [1.54, 1.807) is 12.3 Å². The summed E-state index contributed by atoms with van der Waals surface area (Å²) < 4.78 is 24.6. The van der Waals surface area contributed by atoms with E-state index in [2.05, 4.69) is 10.3 Å². The third-order valence-corrected chi connectivity index (χ3v) is 3.25. The van der Waals surface area contributed by atoms with Crippen molar-refractivity contribution in [3.8, 4) is 0 Å². The van der Waals surface area contributed by atoms with Gasteiger partial charge in [-0.05, 0) is 24.3 Å². The number of thioether (sulfide) groups is 1. The molecule has 2 nitrogen and oxygen atoms in total. The van der Waals surface area contributed by atoms with Gasteiger partial charge in [-0.15, -0.1) is 0 Å². The average Bonchev–Trinajstić information content (AvgIpc) is 2.24. The zero-order valence-corrected chi connectivity index (χ0v) is 9.53. The molecule has 1 aromatic rings. The highest BCUT2D eigenvalue weighted by Crippen LogP contribution is 2.36. The second-order valence-electron chi connectivity index (χ2n) is 3.02. The fourth-order valence-electron chi connectivity index (χ4n) is 1.12. The van der Waals surface area contributed by atoms with Gasteiger partial charge in [0.1, 0.15) is 0 Å². The standard InChI is InChI=1S/C10H7ClF2N2S/c11-10(14-4-1-5-15-10)16-7-2-3-8(12)9(13)6-7/h1-6,14H. The van der Waals surface area contributed by atoms with Gasteiger partial charge in [0.05, 0.1) is 0 Å². The third kappa shape index (κ3) is 2.54. The number of hydrogen-bond acceptors (Lipinski definition) is 3. The summed E-state index contributed by atoms with van der Waals surface area (Å²) in [6.45, 7) is 0. The minimum absolute atomic E-state index is 0.494. The summed E-state index contributed by atoms with van der Waals surface area (Å²) in [5, 5.41) is 2.81. The highest BCUT2D eigenvalue weighted by Gasteiger charge is 2.27. The fourth-order valence-corrected chi connectivity index (χ4v) is 2.36. The van der Waals surface area contributed by atoms with Crippen molar-refractivity contribution in [2.45, 2.75) is 9.35 Å². The Hall–Kier alpha value is -1.07. The van der Waals surface area contributed by atoms with E-state index in [0.717, 1.165) is 23.9 Å². The number of alkyl halides is 1. The number of rotatable bonds is 2. The Kier molecular flexibility index (Phi) is 3.16. The van der Waals surface area contributed by atoms with Crippen LogP contribution < -0.4 is 5.32 Å². The molecule has 0 bridgehead atoms. The lowest BCUT2D eigenvalue weighted by Crippen LogP contribution is -2.32. The number of nitrogens with one attached hydrogen (secondary N) is 1. The average molecular weight is 261 g/mol. The van der Waals surface area contributed by atoms with Gasteiger partial charge < -0.3 is 5.32 Å². The Balaban J connectivity index is 2.17. The van der Waals surface area contributed by atoms with Crippen LogP contribution in [-0.2, 0) is 0 Å². The van der Waals surface area contributed by atoms with E-state index in [9.17, 15) is 8.78 Å². The van der Waals surface area contributed by atoms with E-state index in [-0.39, 0.29) is 0 Å². The summed E-state index contributed by atoms with van der Waals surface area (Å²) in [6, 6.07) is 3.59. The van der Waals surface area contributed by atoms with Gasteiger partial charge in [-0.3, -0.25) is 0 Å². The summed E-state index contributed by atoms with van der Waals surface area (Å²) in [5.74, 6) is -1.78. The SMILES string of the molecule is Fc1ccc(SC2(Cl)N=CC=CN2)cc1F. The van der Waals surface area contributed by atoms with Crippen LogP contribution in [0.1, 0.15) is 0 Å². The lowest BCUT2D eigenvalue weighted by atomic mass is 10.3. The van der Waals surface area contributed by atoms with Gasteiger partial charge in [-0.2, -0.15) is 0 Å². The van der Waals surface area contributed by atoms with Crippen LogP contribution in [0.2, 0.25) is 0 Å². The van der Waals surface area contributed by atoms with Crippen LogP contribution in [0.4, 0.5) is 8.78 Å². The van der Waals surface area contributed by atoms with Crippen LogP contribution in [0.25, 0.3) is 0 Å². The van der Waals surface area contributed by atoms with E-state index in [1.807, 2.05) is 0 Å². The molecule has 1 aromatic carbocycles. The molecule has 6 heteroatoms. The van der Waals surface area contributed by atoms with Crippen molar-refractivity contribution in [1.29, 1.82) is 0 Å². The lowest BCUT2D eigenvalue weighted by Gasteiger charge is -2.23. The number of hydrogen-bond donors (Lipinski definition) is 1. The highest BCUT2D eigenvalue weighted by molar-refractivity contribution is 8.01. The van der Waals surface area contributed by atoms with Crippen molar-refractivity contribution >= 4 is 29.6 Å². The van der Waals surface area contributed by atoms with Gasteiger partial charge in [0, 0.05) is 17.3 Å². The molecule has 16 heavy (non-hydrogen) atoms. The van der Waals surface area contributed by atoms with Crippen LogP contribution in [0.5, 0.6) is 0 Å². The Bertz CT molecular complexity index is 464. The monoisotopic (exact) mass is 260 g/mol. The molecule has 0 saturated carbocycles. The third-order valence-electron chi connectivity index (χ3n) is 1.83. The molecule has 0 fully saturated rings. The van der Waals surface area contributed by atoms with Crippen LogP contribution >= 0.6 is 23.4 Å². The van der Waals surface area contributed by atoms with Gasteiger partial charge in [0.25, 0.3) is 4.45 Å². The van der Waals surface area contributed by atoms with E-state index >= 15 is 0 Å². The molecule has 0 radical (unpaired) electrons. The van der Waals surface area contributed by atoms with Gasteiger partial charge >= 0.3 is 0 Å². The van der Waals surface area contributed by atoms with E-state index in [4.69, 9.17) is 11.6 Å². The first-order valence-electron chi connectivity index (χ1n) is 4.40. The zero-order chi connectivity index (χ0) is 11.6. The Morgan fingerprint density at radius 3 is 2.75 bits per heavy atom. The number of benzene rings is 1. The summed E-state index contributed by atoms with van der Waals surface area (Å²) in [5.41, 5.74) is 0. The molecule has 2 rings (SSSR count). The Morgan fingerprint density at radius 2 is 2.12 bits per heavy atom. The molecule has 1 N–H and O–H groups in total. The summed E-state index contributed by atoms with van der Waals surface area (Å²) in [7, 11) is 0. The van der Waals surface area contributed by atoms with Gasteiger partial charge in [-0.25, -0.2) is 13.8 Å². The number of allylic oxidation sites excluding steroid dienone is 1. The molecule has 1 heterocycles. The molecule has 0 saturated heterocycles. The molecule has 0 amide bonds. The quantitative estimate of drug-likeness (QED) is 0.653. The molecule has 84 valence electrons. The molecular weight excluding hydrogens is 254 g/mol. The van der Waals surface area contributed by atoms with E-state index in [0.29, 0.717) is 4.90 Å². The molecular formula is C10H7ClF2N2S. The van der Waals surface area contributed by atoms with Crippen molar-refractivity contribution in [1.82, 2.24) is 5.32 Å². The fraction of sp³-hybridized carbons (Fsp3) is 0.100. The van der Waals surface area contributed by atoms with Crippen molar-refractivity contribution in [3.05, 3.63) is 42.1 Å². The minimum Gasteiger partial charge on any atom is -0.346 e. The van der Waals surface area contributed by atoms with Crippen LogP contribution in [-0.4, -0.2) is 10.7 Å². The smallest absolute Gasteiger partial charge is 0.259 e. The molecule has 0 spiro atoms. The van der Waals surface area contributed by atoms with Crippen LogP contribution in [0.15, 0.2) is 40.4 Å². The van der Waals surface area contributed by atoms with Crippen LogP contribution in [0, 0.1) is 11.6 Å². The molecule has 1 atom stereocenters. The van der Waals surface area contributed by atoms with Crippen molar-refractivity contribution in [2.75, 3.05) is 0 Å². The number of aliphatic imine (C=N–C) groups is 1. The molecule has 0 aliphatic carbocycles. The first-order chi connectivity index (χ1) is 7.59. The lowest BCUT2D eigenvalue weighted by molar-refractivity contribution is 0.506. The second kappa shape index (κ2) is 4.43. The minimum atomic E-state index is -1.10. The van der Waals surface area contributed by atoms with E-state index < -0.39 is 16.1 Å². The van der Waals surface area contributed by atoms with Gasteiger partial charge in [0.15, 0.2) is 11.6 Å². The summed E-state index contributed by atoms with van der Waals surface area (Å²) >= 11 is 7.18. The number of nitrogens with zero attached hydrogens (tertiary/aromatic N) is 1. The highest BCUT2D eigenvalue weighted by atomic mass is 35.5. The second-order valence-corrected chi connectivity index (χ2v) is 5.06.